The minimum atomic E-state index is 0.886. The number of hydrogen-bond donors (Lipinski definition) is 0. The molecule has 0 unspecified atom stereocenters. The van der Waals surface area contributed by atoms with Crippen LogP contribution < -0.4 is 4.90 Å². The molecule has 0 aliphatic carbocycles. The first-order chi connectivity index (χ1) is 27.3. The van der Waals surface area contributed by atoms with E-state index in [0.717, 1.165) is 61.4 Å². The van der Waals surface area contributed by atoms with Crippen molar-refractivity contribution in [3.63, 3.8) is 0 Å². The van der Waals surface area contributed by atoms with E-state index in [2.05, 4.69) is 204 Å². The van der Waals surface area contributed by atoms with Crippen molar-refractivity contribution in [1.82, 2.24) is 4.57 Å². The van der Waals surface area contributed by atoms with Crippen LogP contribution in [-0.2, 0) is 0 Å². The van der Waals surface area contributed by atoms with E-state index in [9.17, 15) is 0 Å². The first-order valence-corrected chi connectivity index (χ1v) is 18.8. The summed E-state index contributed by atoms with van der Waals surface area (Å²) in [4.78, 5) is 2.41. The molecule has 0 saturated carbocycles. The standard InChI is InChI=1S/C52H34N2O/c1-2-16-39-35(14-1)15-13-26-47(39)53(46-22-8-4-18-41(46)37-30-33-45-44-21-7-12-27-51(44)55-52(45)34-37)38-31-28-36(29-32-38)40-17-3-9-23-48(40)54-49-24-10-5-19-42(49)43-20-6-11-25-50(43)54/h1-34H. The normalized spacial score (nSPS) is 11.6. The lowest BCUT2D eigenvalue weighted by atomic mass is 9.98. The summed E-state index contributed by atoms with van der Waals surface area (Å²) in [6, 6.07) is 74.0. The zero-order valence-electron chi connectivity index (χ0n) is 29.9. The van der Waals surface area contributed by atoms with Crippen molar-refractivity contribution < 1.29 is 4.42 Å². The van der Waals surface area contributed by atoms with E-state index in [4.69, 9.17) is 4.42 Å². The molecule has 0 radical (unpaired) electrons. The zero-order valence-corrected chi connectivity index (χ0v) is 29.9. The topological polar surface area (TPSA) is 21.3 Å². The van der Waals surface area contributed by atoms with Crippen LogP contribution in [-0.4, -0.2) is 4.57 Å². The van der Waals surface area contributed by atoms with E-state index in [0.29, 0.717) is 0 Å². The first-order valence-electron chi connectivity index (χ1n) is 18.8. The van der Waals surface area contributed by atoms with Gasteiger partial charge in [-0.25, -0.2) is 0 Å². The molecular formula is C52H34N2O. The molecule has 3 nitrogen and oxygen atoms in total. The highest BCUT2D eigenvalue weighted by atomic mass is 16.3. The summed E-state index contributed by atoms with van der Waals surface area (Å²) < 4.78 is 8.77. The van der Waals surface area contributed by atoms with Crippen LogP contribution in [0.1, 0.15) is 0 Å². The van der Waals surface area contributed by atoms with Gasteiger partial charge in [-0.15, -0.1) is 0 Å². The van der Waals surface area contributed by atoms with Gasteiger partial charge >= 0.3 is 0 Å². The van der Waals surface area contributed by atoms with Crippen LogP contribution in [0.5, 0.6) is 0 Å². The molecule has 0 saturated heterocycles. The van der Waals surface area contributed by atoms with Gasteiger partial charge in [0.15, 0.2) is 0 Å². The maximum Gasteiger partial charge on any atom is 0.136 e. The minimum Gasteiger partial charge on any atom is -0.456 e. The van der Waals surface area contributed by atoms with E-state index < -0.39 is 0 Å². The van der Waals surface area contributed by atoms with E-state index >= 15 is 0 Å². The number of fused-ring (bicyclic) bond motifs is 7. The van der Waals surface area contributed by atoms with Crippen molar-refractivity contribution in [1.29, 1.82) is 0 Å². The lowest BCUT2D eigenvalue weighted by Crippen LogP contribution is -2.11. The fourth-order valence-corrected chi connectivity index (χ4v) is 8.50. The Morgan fingerprint density at radius 1 is 0.364 bits per heavy atom. The summed E-state index contributed by atoms with van der Waals surface area (Å²) in [6.45, 7) is 0. The van der Waals surface area contributed by atoms with E-state index in [1.807, 2.05) is 12.1 Å². The quantitative estimate of drug-likeness (QED) is 0.172. The van der Waals surface area contributed by atoms with Crippen LogP contribution in [0.15, 0.2) is 211 Å². The van der Waals surface area contributed by atoms with Crippen LogP contribution in [0.3, 0.4) is 0 Å². The highest BCUT2D eigenvalue weighted by Gasteiger charge is 2.21. The summed E-state index contributed by atoms with van der Waals surface area (Å²) in [5.74, 6) is 0. The molecule has 0 fully saturated rings. The fourth-order valence-electron chi connectivity index (χ4n) is 8.50. The second kappa shape index (κ2) is 12.6. The lowest BCUT2D eigenvalue weighted by molar-refractivity contribution is 0.669. The third kappa shape index (κ3) is 5.05. The predicted molar refractivity (Wildman–Crippen MR) is 231 cm³/mol. The SMILES string of the molecule is c1ccc(N(c2ccc(-c3ccccc3-n3c4ccccc4c4ccccc43)cc2)c2cccc3ccccc23)c(-c2ccc3c(c2)oc2ccccc23)c1. The Bertz CT molecular complexity index is 3160. The molecule has 11 rings (SSSR count). The summed E-state index contributed by atoms with van der Waals surface area (Å²) in [5.41, 5.74) is 13.2. The number of benzene rings is 9. The van der Waals surface area contributed by atoms with Gasteiger partial charge in [0.25, 0.3) is 0 Å². The van der Waals surface area contributed by atoms with Gasteiger partial charge in [-0.2, -0.15) is 0 Å². The molecule has 55 heavy (non-hydrogen) atoms. The second-order valence-corrected chi connectivity index (χ2v) is 14.1. The number of rotatable bonds is 6. The Kier molecular flexibility index (Phi) is 7.17. The average molecular weight is 703 g/mol. The van der Waals surface area contributed by atoms with Gasteiger partial charge in [0.05, 0.1) is 28.1 Å². The summed E-state index contributed by atoms with van der Waals surface area (Å²) in [7, 11) is 0. The number of hydrogen-bond acceptors (Lipinski definition) is 2. The number of aromatic nitrogens is 1. The maximum absolute atomic E-state index is 6.37. The molecule has 0 aliphatic heterocycles. The average Bonchev–Trinajstić information content (AvgIpc) is 3.80. The van der Waals surface area contributed by atoms with Gasteiger partial charge in [-0.05, 0) is 77.2 Å². The second-order valence-electron chi connectivity index (χ2n) is 14.1. The fraction of sp³-hybridized carbons (Fsp3) is 0. The van der Waals surface area contributed by atoms with Crippen molar-refractivity contribution in [2.45, 2.75) is 0 Å². The van der Waals surface area contributed by atoms with E-state index in [1.54, 1.807) is 0 Å². The van der Waals surface area contributed by atoms with Gasteiger partial charge in [0.1, 0.15) is 11.2 Å². The van der Waals surface area contributed by atoms with Crippen LogP contribution >= 0.6 is 0 Å². The number of para-hydroxylation sites is 5. The number of nitrogens with zero attached hydrogens (tertiary/aromatic N) is 2. The number of furan rings is 1. The molecule has 0 atom stereocenters. The van der Waals surface area contributed by atoms with Crippen molar-refractivity contribution in [2.24, 2.45) is 0 Å². The minimum absolute atomic E-state index is 0.886. The monoisotopic (exact) mass is 702 g/mol. The molecule has 2 heterocycles. The van der Waals surface area contributed by atoms with Gasteiger partial charge in [-0.1, -0.05) is 146 Å². The number of anilines is 3. The highest BCUT2D eigenvalue weighted by molar-refractivity contribution is 6.10. The first kappa shape index (κ1) is 31.2. The van der Waals surface area contributed by atoms with Gasteiger partial charge in [0.2, 0.25) is 0 Å². The molecule has 9 aromatic carbocycles. The largest absolute Gasteiger partial charge is 0.456 e. The Balaban J connectivity index is 1.08. The van der Waals surface area contributed by atoms with Crippen molar-refractivity contribution in [2.75, 3.05) is 4.90 Å². The Hall–Kier alpha value is -7.36. The molecule has 258 valence electrons. The maximum atomic E-state index is 6.37. The van der Waals surface area contributed by atoms with Crippen molar-refractivity contribution in [3.8, 4) is 27.9 Å². The Morgan fingerprint density at radius 2 is 0.927 bits per heavy atom. The molecule has 0 bridgehead atoms. The molecule has 2 aromatic heterocycles. The van der Waals surface area contributed by atoms with Gasteiger partial charge in [0, 0.05) is 43.7 Å². The molecule has 0 N–H and O–H groups in total. The molecule has 3 heteroatoms. The lowest BCUT2D eigenvalue weighted by Gasteiger charge is -2.29. The third-order valence-electron chi connectivity index (χ3n) is 11.0. The third-order valence-corrected chi connectivity index (χ3v) is 11.0. The van der Waals surface area contributed by atoms with Crippen molar-refractivity contribution >= 4 is 71.6 Å². The molecular weight excluding hydrogens is 669 g/mol. The smallest absolute Gasteiger partial charge is 0.136 e. The van der Waals surface area contributed by atoms with Gasteiger partial charge in [-0.3, -0.25) is 0 Å². The Labute approximate surface area is 318 Å². The van der Waals surface area contributed by atoms with Gasteiger partial charge < -0.3 is 13.9 Å². The molecule has 11 aromatic rings. The van der Waals surface area contributed by atoms with Crippen LogP contribution in [0, 0.1) is 0 Å². The van der Waals surface area contributed by atoms with E-state index in [-0.39, 0.29) is 0 Å². The molecule has 0 amide bonds. The van der Waals surface area contributed by atoms with E-state index in [1.165, 1.54) is 38.1 Å². The summed E-state index contributed by atoms with van der Waals surface area (Å²) in [6.07, 6.45) is 0. The van der Waals surface area contributed by atoms with Crippen molar-refractivity contribution in [3.05, 3.63) is 206 Å². The molecule has 0 aliphatic rings. The summed E-state index contributed by atoms with van der Waals surface area (Å²) in [5, 5.41) is 7.16. The Morgan fingerprint density at radius 3 is 1.73 bits per heavy atom. The molecule has 0 spiro atoms. The predicted octanol–water partition coefficient (Wildman–Crippen LogP) is 14.6. The highest BCUT2D eigenvalue weighted by Crippen LogP contribution is 2.45. The van der Waals surface area contributed by atoms with Crippen LogP contribution in [0.2, 0.25) is 0 Å². The van der Waals surface area contributed by atoms with Crippen LogP contribution in [0.25, 0.3) is 82.5 Å². The zero-order chi connectivity index (χ0) is 36.3. The van der Waals surface area contributed by atoms with Crippen LogP contribution in [0.4, 0.5) is 17.1 Å². The summed E-state index contributed by atoms with van der Waals surface area (Å²) >= 11 is 0.